The fourth-order valence-corrected chi connectivity index (χ4v) is 4.62. The second kappa shape index (κ2) is 7.06. The van der Waals surface area contributed by atoms with E-state index in [-0.39, 0.29) is 0 Å². The Morgan fingerprint density at radius 3 is 2.52 bits per heavy atom. The molecule has 0 aliphatic carbocycles. The van der Waals surface area contributed by atoms with Crippen molar-refractivity contribution in [3.63, 3.8) is 0 Å². The average Bonchev–Trinajstić information content (AvgIpc) is 3.20. The summed E-state index contributed by atoms with van der Waals surface area (Å²) >= 11 is 3.40. The van der Waals surface area contributed by atoms with Crippen molar-refractivity contribution in [1.29, 1.82) is 0 Å². The van der Waals surface area contributed by atoms with Crippen molar-refractivity contribution < 1.29 is 4.74 Å². The van der Waals surface area contributed by atoms with E-state index >= 15 is 0 Å². The first-order valence-electron chi connectivity index (χ1n) is 8.63. The van der Waals surface area contributed by atoms with E-state index in [1.807, 2.05) is 42.5 Å². The molecular formula is C23H15NOS2. The summed E-state index contributed by atoms with van der Waals surface area (Å²) in [6.45, 7) is 0. The monoisotopic (exact) mass is 385 g/mol. The zero-order valence-electron chi connectivity index (χ0n) is 14.3. The van der Waals surface area contributed by atoms with Crippen LogP contribution in [-0.4, -0.2) is 4.98 Å². The Kier molecular flexibility index (Phi) is 4.28. The Labute approximate surface area is 166 Å². The highest BCUT2D eigenvalue weighted by Gasteiger charge is 2.18. The SMILES string of the molecule is C(=Cc1nc(-c2ccc3c(c2)Sc2ccccc2O3)cs1)c1ccccc1. The number of benzene rings is 3. The highest BCUT2D eigenvalue weighted by atomic mass is 32.2. The van der Waals surface area contributed by atoms with Crippen LogP contribution in [0.15, 0.2) is 88.0 Å². The molecule has 2 nitrogen and oxygen atoms in total. The van der Waals surface area contributed by atoms with Gasteiger partial charge < -0.3 is 4.74 Å². The van der Waals surface area contributed by atoms with Crippen molar-refractivity contribution in [2.45, 2.75) is 9.79 Å². The van der Waals surface area contributed by atoms with Gasteiger partial charge in [0.25, 0.3) is 0 Å². The first-order valence-corrected chi connectivity index (χ1v) is 10.3. The van der Waals surface area contributed by atoms with Crippen LogP contribution in [0.2, 0.25) is 0 Å². The van der Waals surface area contributed by atoms with Crippen LogP contribution < -0.4 is 4.74 Å². The summed E-state index contributed by atoms with van der Waals surface area (Å²) in [6.07, 6.45) is 4.16. The van der Waals surface area contributed by atoms with Crippen LogP contribution in [0.1, 0.15) is 10.6 Å². The molecule has 5 rings (SSSR count). The third-order valence-electron chi connectivity index (χ3n) is 4.27. The van der Waals surface area contributed by atoms with Crippen molar-refractivity contribution in [2.24, 2.45) is 0 Å². The van der Waals surface area contributed by atoms with E-state index in [1.165, 1.54) is 5.56 Å². The molecule has 2 heterocycles. The van der Waals surface area contributed by atoms with Crippen molar-refractivity contribution in [2.75, 3.05) is 0 Å². The molecule has 0 saturated carbocycles. The highest BCUT2D eigenvalue weighted by Crippen LogP contribution is 2.47. The van der Waals surface area contributed by atoms with E-state index < -0.39 is 0 Å². The topological polar surface area (TPSA) is 22.1 Å². The Balaban J connectivity index is 1.40. The molecule has 1 aromatic heterocycles. The fraction of sp³-hybridized carbons (Fsp3) is 0. The predicted molar refractivity (Wildman–Crippen MR) is 114 cm³/mol. The van der Waals surface area contributed by atoms with Gasteiger partial charge in [0.2, 0.25) is 0 Å². The minimum absolute atomic E-state index is 0.905. The fourth-order valence-electron chi connectivity index (χ4n) is 2.92. The molecule has 27 heavy (non-hydrogen) atoms. The number of nitrogens with zero attached hydrogens (tertiary/aromatic N) is 1. The highest BCUT2D eigenvalue weighted by molar-refractivity contribution is 7.99. The standard InChI is InChI=1S/C23H15NOS2/c1-2-6-16(7-3-1)10-13-23-24-18(15-26-23)17-11-12-20-22(14-17)27-21-9-5-4-8-19(21)25-20/h1-15H. The summed E-state index contributed by atoms with van der Waals surface area (Å²) in [5.41, 5.74) is 3.28. The van der Waals surface area contributed by atoms with Gasteiger partial charge in [0.15, 0.2) is 0 Å². The molecule has 4 heteroatoms. The van der Waals surface area contributed by atoms with Gasteiger partial charge >= 0.3 is 0 Å². The van der Waals surface area contributed by atoms with Crippen molar-refractivity contribution in [3.8, 4) is 22.8 Å². The number of fused-ring (bicyclic) bond motifs is 2. The Morgan fingerprint density at radius 2 is 1.59 bits per heavy atom. The van der Waals surface area contributed by atoms with E-state index in [2.05, 4.69) is 47.9 Å². The van der Waals surface area contributed by atoms with Gasteiger partial charge in [-0.3, -0.25) is 0 Å². The van der Waals surface area contributed by atoms with Gasteiger partial charge in [-0.1, -0.05) is 60.3 Å². The Bertz CT molecular complexity index is 1130. The van der Waals surface area contributed by atoms with Gasteiger partial charge in [-0.2, -0.15) is 0 Å². The molecule has 0 spiro atoms. The van der Waals surface area contributed by atoms with Gasteiger partial charge in [0, 0.05) is 10.9 Å². The summed E-state index contributed by atoms with van der Waals surface area (Å²) < 4.78 is 6.01. The van der Waals surface area contributed by atoms with Crippen LogP contribution in [-0.2, 0) is 0 Å². The molecule has 0 bridgehead atoms. The molecule has 0 radical (unpaired) electrons. The average molecular weight is 386 g/mol. The quantitative estimate of drug-likeness (QED) is 0.327. The third-order valence-corrected chi connectivity index (χ3v) is 6.17. The second-order valence-electron chi connectivity index (χ2n) is 6.13. The molecule has 3 aromatic carbocycles. The molecule has 1 aliphatic heterocycles. The Morgan fingerprint density at radius 1 is 0.778 bits per heavy atom. The lowest BCUT2D eigenvalue weighted by Crippen LogP contribution is -1.94. The minimum Gasteiger partial charge on any atom is -0.455 e. The number of hydrogen-bond donors (Lipinski definition) is 0. The summed E-state index contributed by atoms with van der Waals surface area (Å²) in [5.74, 6) is 1.83. The molecular weight excluding hydrogens is 370 g/mol. The maximum atomic E-state index is 6.01. The molecule has 4 aromatic rings. The van der Waals surface area contributed by atoms with Crippen molar-refractivity contribution >= 4 is 35.3 Å². The van der Waals surface area contributed by atoms with Gasteiger partial charge in [-0.05, 0) is 42.0 Å². The third kappa shape index (κ3) is 3.42. The van der Waals surface area contributed by atoms with Crippen LogP contribution in [0.25, 0.3) is 23.4 Å². The van der Waals surface area contributed by atoms with Crippen molar-refractivity contribution in [1.82, 2.24) is 4.98 Å². The molecule has 0 saturated heterocycles. The predicted octanol–water partition coefficient (Wildman–Crippen LogP) is 7.24. The minimum atomic E-state index is 0.905. The number of aromatic nitrogens is 1. The number of rotatable bonds is 3. The molecule has 0 fully saturated rings. The zero-order chi connectivity index (χ0) is 18.1. The first kappa shape index (κ1) is 16.4. The first-order chi connectivity index (χ1) is 13.3. The van der Waals surface area contributed by atoms with E-state index in [4.69, 9.17) is 9.72 Å². The normalized spacial score (nSPS) is 12.4. The maximum Gasteiger partial charge on any atom is 0.141 e. The van der Waals surface area contributed by atoms with Crippen LogP contribution in [0, 0.1) is 0 Å². The van der Waals surface area contributed by atoms with E-state index in [9.17, 15) is 0 Å². The molecule has 0 atom stereocenters. The van der Waals surface area contributed by atoms with Gasteiger partial charge in [0.05, 0.1) is 15.5 Å². The maximum absolute atomic E-state index is 6.01. The van der Waals surface area contributed by atoms with Gasteiger partial charge in [-0.15, -0.1) is 11.3 Å². The number of para-hydroxylation sites is 1. The second-order valence-corrected chi connectivity index (χ2v) is 8.10. The lowest BCUT2D eigenvalue weighted by molar-refractivity contribution is 0.454. The van der Waals surface area contributed by atoms with Crippen LogP contribution >= 0.6 is 23.1 Å². The van der Waals surface area contributed by atoms with E-state index in [1.54, 1.807) is 23.1 Å². The van der Waals surface area contributed by atoms with Gasteiger partial charge in [-0.25, -0.2) is 4.98 Å². The molecule has 0 amide bonds. The Hall–Kier alpha value is -2.82. The lowest BCUT2D eigenvalue weighted by Gasteiger charge is -2.19. The molecule has 0 N–H and O–H groups in total. The lowest BCUT2D eigenvalue weighted by atomic mass is 10.1. The van der Waals surface area contributed by atoms with E-state index in [0.29, 0.717) is 0 Å². The smallest absolute Gasteiger partial charge is 0.141 e. The van der Waals surface area contributed by atoms with Crippen LogP contribution in [0.5, 0.6) is 11.5 Å². The summed E-state index contributed by atoms with van der Waals surface area (Å²) in [6, 6.07) is 24.7. The van der Waals surface area contributed by atoms with E-state index in [0.717, 1.165) is 37.6 Å². The number of ether oxygens (including phenoxy) is 1. The molecule has 1 aliphatic rings. The molecule has 130 valence electrons. The largest absolute Gasteiger partial charge is 0.455 e. The summed E-state index contributed by atoms with van der Waals surface area (Å²) in [7, 11) is 0. The van der Waals surface area contributed by atoms with Crippen LogP contribution in [0.4, 0.5) is 0 Å². The number of thiazole rings is 1. The number of hydrogen-bond acceptors (Lipinski definition) is 4. The summed E-state index contributed by atoms with van der Waals surface area (Å²) in [5, 5.41) is 3.11. The van der Waals surface area contributed by atoms with Gasteiger partial charge in [0.1, 0.15) is 16.5 Å². The summed E-state index contributed by atoms with van der Waals surface area (Å²) in [4.78, 5) is 7.04. The zero-order valence-corrected chi connectivity index (χ0v) is 16.0. The van der Waals surface area contributed by atoms with Crippen molar-refractivity contribution in [3.05, 3.63) is 88.7 Å². The van der Waals surface area contributed by atoms with Crippen LogP contribution in [0.3, 0.4) is 0 Å². The molecule has 0 unspecified atom stereocenters.